The fourth-order valence-corrected chi connectivity index (χ4v) is 20.5. The quantitative estimate of drug-likeness (QED) is 0.122. The first kappa shape index (κ1) is 66.7. The monoisotopic (exact) mass is 1500 g/mol. The molecule has 0 aliphatic rings. The zero-order valence-corrected chi connectivity index (χ0v) is 63.6. The molecule has 0 saturated carbocycles. The highest BCUT2D eigenvalue weighted by Gasteiger charge is 2.23. The number of benzene rings is 16. The van der Waals surface area contributed by atoms with Gasteiger partial charge in [0.05, 0.1) is 22.8 Å². The van der Waals surface area contributed by atoms with E-state index in [0.717, 1.165) is 78.4 Å². The number of fused-ring (bicyclic) bond motifs is 12. The molecule has 22 aromatic rings. The summed E-state index contributed by atoms with van der Waals surface area (Å²) in [5, 5.41) is 10.3. The lowest BCUT2D eigenvalue weighted by Crippen LogP contribution is -1.98. The predicted molar refractivity (Wildman–Crippen MR) is 481 cm³/mol. The summed E-state index contributed by atoms with van der Waals surface area (Å²) in [5.41, 5.74) is 23.8. The van der Waals surface area contributed by atoms with Crippen LogP contribution in [-0.2, 0) is 0 Å². The SMILES string of the molecule is c1ccc(-c2ccc(-c3cc(-c4ccccc4)nc(-c4ccc(-c5ccc6sc7ccccc7c6c5)cc4-c4ccc5sc6ccccc6c5c4)n3)cc2)cc1.c1ccc(-c2ccc(-c3cc(-c4ccccc4)nc(-c4ccc(-c5cccc6c5sc5ccccc56)cc4-c4cccc5c4sc4ccccc45)n3)cc2)cc1. The Balaban J connectivity index is 0.000000141. The molecule has 0 saturated heterocycles. The maximum atomic E-state index is 5.39. The van der Waals surface area contributed by atoms with E-state index in [0.29, 0.717) is 11.6 Å². The van der Waals surface area contributed by atoms with Gasteiger partial charge in [0.25, 0.3) is 0 Å². The van der Waals surface area contributed by atoms with Crippen LogP contribution in [0, 0.1) is 0 Å². The van der Waals surface area contributed by atoms with E-state index in [2.05, 4.69) is 382 Å². The van der Waals surface area contributed by atoms with Crippen molar-refractivity contribution >= 4 is 126 Å². The molecule has 0 atom stereocenters. The average Bonchev–Trinajstić information content (AvgIpc) is 1.63. The first-order valence-corrected chi connectivity index (χ1v) is 40.9. The van der Waals surface area contributed by atoms with E-state index in [1.165, 1.54) is 125 Å². The van der Waals surface area contributed by atoms with Crippen molar-refractivity contribution in [2.24, 2.45) is 0 Å². The molecule has 22 rings (SSSR count). The molecular formula is C104H64N4S4. The highest BCUT2D eigenvalue weighted by atomic mass is 32.1. The standard InChI is InChI=1S/2C52H32N2S2/c1-3-13-33(14-4-1)34-25-27-36(28-26-34)47-32-46(35-15-5-2-6-16-35)53-52(54-47)44-30-29-37(38-19-11-20-41-39-17-7-9-23-48(39)55-50(38)41)31-45(44)43-22-12-21-42-40-18-8-10-24-49(40)56-51(42)43;1-3-11-33(12-4-1)34-19-21-36(22-20-34)47-32-46(35-13-5-2-6-14-35)53-52(54-47)42-26-23-37(38-24-27-50-44(30-38)40-15-7-9-17-48(40)55-50)29-43(42)39-25-28-51-45(31-39)41-16-8-10-18-49(41)56-51/h2*1-32H. The minimum absolute atomic E-state index is 0.699. The maximum absolute atomic E-state index is 5.39. The van der Waals surface area contributed by atoms with E-state index in [9.17, 15) is 0 Å². The summed E-state index contributed by atoms with van der Waals surface area (Å²) in [5.74, 6) is 1.40. The molecule has 4 nitrogen and oxygen atoms in total. The minimum Gasteiger partial charge on any atom is -0.228 e. The second-order valence-electron chi connectivity index (χ2n) is 28.2. The normalized spacial score (nSPS) is 11.6. The van der Waals surface area contributed by atoms with E-state index in [1.54, 1.807) is 0 Å². The Bertz CT molecular complexity index is 7350. The lowest BCUT2D eigenvalue weighted by molar-refractivity contribution is 1.18. The average molecular weight is 1500 g/mol. The lowest BCUT2D eigenvalue weighted by Gasteiger charge is -2.15. The minimum atomic E-state index is 0.699. The van der Waals surface area contributed by atoms with Gasteiger partial charge in [0.15, 0.2) is 11.6 Å². The van der Waals surface area contributed by atoms with Gasteiger partial charge in [0.2, 0.25) is 0 Å². The lowest BCUT2D eigenvalue weighted by atomic mass is 9.92. The number of rotatable bonds is 12. The summed E-state index contributed by atoms with van der Waals surface area (Å²) in [6.07, 6.45) is 0. The van der Waals surface area contributed by atoms with Crippen LogP contribution < -0.4 is 0 Å². The van der Waals surface area contributed by atoms with Crippen LogP contribution in [0.15, 0.2) is 388 Å². The first-order valence-electron chi connectivity index (χ1n) is 37.6. The van der Waals surface area contributed by atoms with Crippen molar-refractivity contribution in [2.45, 2.75) is 0 Å². The van der Waals surface area contributed by atoms with Crippen molar-refractivity contribution in [3.63, 3.8) is 0 Å². The van der Waals surface area contributed by atoms with Crippen molar-refractivity contribution in [2.75, 3.05) is 0 Å². The first-order chi connectivity index (χ1) is 55.5. The molecule has 0 bridgehead atoms. The van der Waals surface area contributed by atoms with E-state index in [1.807, 2.05) is 51.4 Å². The van der Waals surface area contributed by atoms with Gasteiger partial charge in [0, 0.05) is 120 Å². The van der Waals surface area contributed by atoms with Gasteiger partial charge in [-0.2, -0.15) is 0 Å². The maximum Gasteiger partial charge on any atom is 0.161 e. The van der Waals surface area contributed by atoms with E-state index in [4.69, 9.17) is 19.9 Å². The number of aromatic nitrogens is 4. The molecule has 6 aromatic heterocycles. The number of thiophene rings is 4. The van der Waals surface area contributed by atoms with Gasteiger partial charge in [-0.1, -0.05) is 303 Å². The van der Waals surface area contributed by atoms with Crippen molar-refractivity contribution in [3.05, 3.63) is 388 Å². The van der Waals surface area contributed by atoms with Crippen LogP contribution in [0.2, 0.25) is 0 Å². The predicted octanol–water partition coefficient (Wildman–Crippen LogP) is 30.4. The van der Waals surface area contributed by atoms with Gasteiger partial charge in [-0.05, 0) is 146 Å². The van der Waals surface area contributed by atoms with Gasteiger partial charge in [-0.25, -0.2) is 19.9 Å². The highest BCUT2D eigenvalue weighted by molar-refractivity contribution is 7.27. The number of hydrogen-bond donors (Lipinski definition) is 0. The zero-order chi connectivity index (χ0) is 74.0. The van der Waals surface area contributed by atoms with Gasteiger partial charge >= 0.3 is 0 Å². The van der Waals surface area contributed by atoms with Crippen molar-refractivity contribution in [1.82, 2.24) is 19.9 Å². The summed E-state index contributed by atoms with van der Waals surface area (Å²) in [4.78, 5) is 21.4. The zero-order valence-electron chi connectivity index (χ0n) is 60.4. The van der Waals surface area contributed by atoms with Crippen LogP contribution in [0.25, 0.3) is 215 Å². The molecule has 0 aliphatic heterocycles. The molecule has 0 amide bonds. The van der Waals surface area contributed by atoms with Crippen LogP contribution in [-0.4, -0.2) is 19.9 Å². The van der Waals surface area contributed by atoms with Gasteiger partial charge < -0.3 is 0 Å². The molecular weight excluding hydrogens is 1430 g/mol. The molecule has 0 spiro atoms. The molecule has 112 heavy (non-hydrogen) atoms. The Labute approximate surface area is 663 Å². The molecule has 16 aromatic carbocycles. The summed E-state index contributed by atoms with van der Waals surface area (Å²) < 4.78 is 10.4. The Kier molecular flexibility index (Phi) is 17.0. The van der Waals surface area contributed by atoms with Crippen LogP contribution in [0.1, 0.15) is 0 Å². The van der Waals surface area contributed by atoms with Gasteiger partial charge in [0.1, 0.15) is 0 Å². The molecule has 0 aliphatic carbocycles. The van der Waals surface area contributed by atoms with Crippen LogP contribution >= 0.6 is 45.3 Å². The fraction of sp³-hybridized carbons (Fsp3) is 0. The number of nitrogens with zero attached hydrogens (tertiary/aromatic N) is 4. The smallest absolute Gasteiger partial charge is 0.161 e. The molecule has 0 unspecified atom stereocenters. The Morgan fingerprint density at radius 1 is 0.143 bits per heavy atom. The van der Waals surface area contributed by atoms with E-state index in [-0.39, 0.29) is 0 Å². The molecule has 524 valence electrons. The Morgan fingerprint density at radius 2 is 0.429 bits per heavy atom. The van der Waals surface area contributed by atoms with E-state index < -0.39 is 0 Å². The van der Waals surface area contributed by atoms with Gasteiger partial charge in [-0.15, -0.1) is 45.3 Å². The third-order valence-corrected chi connectivity index (χ3v) is 26.2. The molecule has 0 radical (unpaired) electrons. The summed E-state index contributed by atoms with van der Waals surface area (Å²) in [6, 6.07) is 139. The van der Waals surface area contributed by atoms with Crippen molar-refractivity contribution < 1.29 is 0 Å². The molecule has 0 fully saturated rings. The van der Waals surface area contributed by atoms with Gasteiger partial charge in [-0.3, -0.25) is 0 Å². The summed E-state index contributed by atoms with van der Waals surface area (Å²) in [6.45, 7) is 0. The third-order valence-electron chi connectivity index (χ3n) is 21.5. The highest BCUT2D eigenvalue weighted by Crippen LogP contribution is 2.48. The summed E-state index contributed by atoms with van der Waals surface area (Å²) in [7, 11) is 0. The van der Waals surface area contributed by atoms with Crippen LogP contribution in [0.4, 0.5) is 0 Å². The molecule has 8 heteroatoms. The largest absolute Gasteiger partial charge is 0.228 e. The topological polar surface area (TPSA) is 51.6 Å². The molecule has 0 N–H and O–H groups in total. The van der Waals surface area contributed by atoms with Crippen molar-refractivity contribution in [3.8, 4) is 135 Å². The van der Waals surface area contributed by atoms with Crippen LogP contribution in [0.5, 0.6) is 0 Å². The Morgan fingerprint density at radius 3 is 0.902 bits per heavy atom. The van der Waals surface area contributed by atoms with E-state index >= 15 is 0 Å². The summed E-state index contributed by atoms with van der Waals surface area (Å²) >= 11 is 7.42. The Hall–Kier alpha value is -13.4. The van der Waals surface area contributed by atoms with Crippen molar-refractivity contribution in [1.29, 1.82) is 0 Å². The number of hydrogen-bond acceptors (Lipinski definition) is 8. The third kappa shape index (κ3) is 12.4. The molecule has 6 heterocycles. The van der Waals surface area contributed by atoms with Crippen LogP contribution in [0.3, 0.4) is 0 Å². The second-order valence-corrected chi connectivity index (χ2v) is 32.5. The fourth-order valence-electron chi connectivity index (χ4n) is 15.9. The second kappa shape index (κ2) is 28.5.